The Morgan fingerprint density at radius 1 is 0.893 bits per heavy atom. The van der Waals surface area contributed by atoms with Crippen molar-refractivity contribution >= 4 is 0 Å². The zero-order valence-electron chi connectivity index (χ0n) is 19.6. The fraction of sp³-hybridized carbons (Fsp3) is 1.00. The van der Waals surface area contributed by atoms with E-state index in [4.69, 9.17) is 0 Å². The highest BCUT2D eigenvalue weighted by Crippen LogP contribution is 2.68. The van der Waals surface area contributed by atoms with Crippen LogP contribution in [-0.4, -0.2) is 11.2 Å². The lowest BCUT2D eigenvalue weighted by molar-refractivity contribution is -0.168. The Morgan fingerprint density at radius 2 is 1.68 bits per heavy atom. The van der Waals surface area contributed by atoms with E-state index in [0.29, 0.717) is 5.41 Å². The lowest BCUT2D eigenvalue weighted by atomic mass is 9.44. The second-order valence-corrected chi connectivity index (χ2v) is 12.5. The first-order valence-electron chi connectivity index (χ1n) is 13.0. The summed E-state index contributed by atoms with van der Waals surface area (Å²) in [4.78, 5) is 0. The molecule has 0 radical (unpaired) electrons. The minimum absolute atomic E-state index is 0.0590. The second kappa shape index (κ2) is 7.90. The van der Waals surface area contributed by atoms with Gasteiger partial charge in [0.15, 0.2) is 0 Å². The van der Waals surface area contributed by atoms with Crippen molar-refractivity contribution in [2.24, 2.45) is 52.3 Å². The molecular formula is C27H48O. The zero-order valence-corrected chi connectivity index (χ0v) is 19.6. The number of hydrogen-bond donors (Lipinski definition) is 1. The van der Waals surface area contributed by atoms with E-state index in [9.17, 15) is 5.11 Å². The van der Waals surface area contributed by atoms with E-state index >= 15 is 0 Å². The molecule has 1 N–H and O–H groups in total. The van der Waals surface area contributed by atoms with Gasteiger partial charge in [0.1, 0.15) is 0 Å². The first-order valence-corrected chi connectivity index (χ1v) is 13.0. The summed E-state index contributed by atoms with van der Waals surface area (Å²) in [7, 11) is 0. The Balaban J connectivity index is 1.52. The van der Waals surface area contributed by atoms with Crippen LogP contribution in [0.25, 0.3) is 0 Å². The van der Waals surface area contributed by atoms with Crippen LogP contribution in [-0.2, 0) is 0 Å². The average Bonchev–Trinajstić information content (AvgIpc) is 3.01. The van der Waals surface area contributed by atoms with Crippen LogP contribution in [0, 0.1) is 52.3 Å². The topological polar surface area (TPSA) is 20.2 Å². The van der Waals surface area contributed by atoms with Gasteiger partial charge in [0.05, 0.1) is 6.10 Å². The number of aliphatic hydroxyl groups excluding tert-OH is 1. The third-order valence-electron chi connectivity index (χ3n) is 10.9. The minimum Gasteiger partial charge on any atom is -0.393 e. The molecule has 4 rings (SSSR count). The Bertz CT molecular complexity index is 540. The molecular weight excluding hydrogens is 340 g/mol. The molecule has 1 nitrogen and oxygen atoms in total. The summed E-state index contributed by atoms with van der Waals surface area (Å²) in [5, 5.41) is 11.6. The number of fused-ring (bicyclic) bond motifs is 5. The molecule has 0 bridgehead atoms. The number of rotatable bonds is 5. The van der Waals surface area contributed by atoms with Gasteiger partial charge in [-0.15, -0.1) is 0 Å². The summed E-state index contributed by atoms with van der Waals surface area (Å²) in [6, 6.07) is 0. The number of hydrogen-bond acceptors (Lipinski definition) is 1. The molecule has 0 amide bonds. The summed E-state index contributed by atoms with van der Waals surface area (Å²) in [6.45, 7) is 12.4. The van der Waals surface area contributed by atoms with Gasteiger partial charge in [-0.3, -0.25) is 0 Å². The fourth-order valence-corrected chi connectivity index (χ4v) is 9.27. The van der Waals surface area contributed by atoms with Gasteiger partial charge < -0.3 is 5.11 Å². The van der Waals surface area contributed by atoms with Crippen molar-refractivity contribution < 1.29 is 5.11 Å². The van der Waals surface area contributed by atoms with Crippen LogP contribution >= 0.6 is 0 Å². The van der Waals surface area contributed by atoms with Gasteiger partial charge in [-0.1, -0.05) is 66.7 Å². The van der Waals surface area contributed by atoms with Gasteiger partial charge in [0, 0.05) is 0 Å². The molecule has 0 saturated heterocycles. The number of aliphatic hydroxyl groups is 1. The first-order chi connectivity index (χ1) is 13.3. The molecule has 4 fully saturated rings. The van der Waals surface area contributed by atoms with Gasteiger partial charge >= 0.3 is 0 Å². The van der Waals surface area contributed by atoms with E-state index in [0.717, 1.165) is 47.8 Å². The Kier molecular flexibility index (Phi) is 5.98. The Morgan fingerprint density at radius 3 is 2.43 bits per heavy atom. The van der Waals surface area contributed by atoms with Gasteiger partial charge in [0.25, 0.3) is 0 Å². The maximum Gasteiger partial charge on any atom is 0.0602 e. The average molecular weight is 389 g/mol. The molecule has 4 aliphatic rings. The summed E-state index contributed by atoms with van der Waals surface area (Å²) in [5.41, 5.74) is 0.723. The normalized spacial score (nSPS) is 49.4. The van der Waals surface area contributed by atoms with Crippen LogP contribution in [0.4, 0.5) is 0 Å². The summed E-state index contributed by atoms with van der Waals surface area (Å²) in [6.07, 6.45) is 16.7. The van der Waals surface area contributed by atoms with Crippen LogP contribution in [0.15, 0.2) is 0 Å². The van der Waals surface area contributed by atoms with E-state index in [1.54, 1.807) is 0 Å². The summed E-state index contributed by atoms with van der Waals surface area (Å²) in [5.74, 6) is 5.80. The molecule has 1 unspecified atom stereocenters. The molecule has 4 aliphatic carbocycles. The van der Waals surface area contributed by atoms with Gasteiger partial charge in [-0.05, 0) is 97.2 Å². The van der Waals surface area contributed by atoms with Crippen LogP contribution in [0.5, 0.6) is 0 Å². The van der Waals surface area contributed by atoms with Gasteiger partial charge in [-0.25, -0.2) is 0 Å². The molecule has 0 aromatic carbocycles. The zero-order chi connectivity index (χ0) is 20.1. The van der Waals surface area contributed by atoms with E-state index in [1.807, 2.05) is 0 Å². The third-order valence-corrected chi connectivity index (χ3v) is 10.9. The van der Waals surface area contributed by atoms with E-state index in [1.165, 1.54) is 70.6 Å². The molecule has 28 heavy (non-hydrogen) atoms. The monoisotopic (exact) mass is 388 g/mol. The smallest absolute Gasteiger partial charge is 0.0602 e. The minimum atomic E-state index is -0.0590. The predicted molar refractivity (Wildman–Crippen MR) is 119 cm³/mol. The molecule has 0 spiro atoms. The van der Waals surface area contributed by atoms with Crippen molar-refractivity contribution in [2.75, 3.05) is 0 Å². The van der Waals surface area contributed by atoms with Gasteiger partial charge in [-0.2, -0.15) is 0 Å². The molecule has 4 saturated carbocycles. The highest BCUT2D eigenvalue weighted by Gasteiger charge is 2.63. The van der Waals surface area contributed by atoms with Crippen LogP contribution in [0.3, 0.4) is 0 Å². The van der Waals surface area contributed by atoms with Crippen LogP contribution < -0.4 is 0 Å². The molecule has 0 heterocycles. The standard InChI is InChI=1S/C27H48O/c1-18(2)9-8-10-19(3)22-14-15-23-21-13-12-20-11-6-7-16-26(20,4)24(21)17-25(28)27(22,23)5/h18-25,28H,6-17H2,1-5H3/t19-,20?,21+,22-,23+,24+,25+,26+,27-/m1/s1. The molecule has 0 aromatic rings. The van der Waals surface area contributed by atoms with Crippen molar-refractivity contribution in [2.45, 2.75) is 118 Å². The third kappa shape index (κ3) is 3.30. The lowest BCUT2D eigenvalue weighted by Crippen LogP contribution is -2.58. The second-order valence-electron chi connectivity index (χ2n) is 12.5. The van der Waals surface area contributed by atoms with Crippen molar-refractivity contribution in [3.63, 3.8) is 0 Å². The van der Waals surface area contributed by atoms with E-state index < -0.39 is 0 Å². The maximum absolute atomic E-state index is 11.6. The van der Waals surface area contributed by atoms with E-state index in [2.05, 4.69) is 34.6 Å². The summed E-state index contributed by atoms with van der Waals surface area (Å²) < 4.78 is 0. The molecule has 1 heteroatoms. The summed E-state index contributed by atoms with van der Waals surface area (Å²) >= 11 is 0. The van der Waals surface area contributed by atoms with Crippen LogP contribution in [0.2, 0.25) is 0 Å². The molecule has 0 aliphatic heterocycles. The molecule has 9 atom stereocenters. The predicted octanol–water partition coefficient (Wildman–Crippen LogP) is 7.47. The molecule has 162 valence electrons. The first kappa shape index (κ1) is 21.2. The molecule has 0 aromatic heterocycles. The lowest BCUT2D eigenvalue weighted by Gasteiger charge is -2.62. The maximum atomic E-state index is 11.6. The van der Waals surface area contributed by atoms with Crippen molar-refractivity contribution in [1.82, 2.24) is 0 Å². The fourth-order valence-electron chi connectivity index (χ4n) is 9.27. The Hall–Kier alpha value is -0.0400. The van der Waals surface area contributed by atoms with E-state index in [-0.39, 0.29) is 11.5 Å². The highest BCUT2D eigenvalue weighted by atomic mass is 16.3. The largest absolute Gasteiger partial charge is 0.393 e. The highest BCUT2D eigenvalue weighted by molar-refractivity contribution is 5.12. The SMILES string of the molecule is CC(C)CCC[C@@H](C)[C@H]1CC[C@H]2[C@@H]3CCC4CCCC[C@]4(C)[C@H]3C[C@H](O)[C@]12C. The van der Waals surface area contributed by atoms with Crippen molar-refractivity contribution in [3.8, 4) is 0 Å². The van der Waals surface area contributed by atoms with Crippen molar-refractivity contribution in [1.29, 1.82) is 0 Å². The van der Waals surface area contributed by atoms with Crippen molar-refractivity contribution in [3.05, 3.63) is 0 Å². The van der Waals surface area contributed by atoms with Crippen LogP contribution in [0.1, 0.15) is 112 Å². The Labute approximate surface area is 175 Å². The quantitative estimate of drug-likeness (QED) is 0.518. The van der Waals surface area contributed by atoms with Gasteiger partial charge in [0.2, 0.25) is 0 Å².